The van der Waals surface area contributed by atoms with Gasteiger partial charge in [0.25, 0.3) is 0 Å². The van der Waals surface area contributed by atoms with Crippen LogP contribution in [0, 0.1) is 0 Å². The van der Waals surface area contributed by atoms with Gasteiger partial charge in [0.2, 0.25) is 0 Å². The number of nitrogens with one attached hydrogen (secondary N) is 1. The number of furan rings is 1. The summed E-state index contributed by atoms with van der Waals surface area (Å²) in [6.45, 7) is 5.54. The highest BCUT2D eigenvalue weighted by atomic mass is 32.2. The third-order valence-corrected chi connectivity index (χ3v) is 3.25. The quantitative estimate of drug-likeness (QED) is 0.691. The topological polar surface area (TPSA) is 25.2 Å². The van der Waals surface area contributed by atoms with E-state index in [-0.39, 0.29) is 0 Å². The van der Waals surface area contributed by atoms with Crippen molar-refractivity contribution in [3.63, 3.8) is 0 Å². The van der Waals surface area contributed by atoms with Crippen LogP contribution in [0.4, 0.5) is 0 Å². The Morgan fingerprint density at radius 1 is 1.53 bits per heavy atom. The molecule has 0 spiro atoms. The Labute approximate surface area is 96.8 Å². The lowest BCUT2D eigenvalue weighted by Gasteiger charge is -2.12. The number of hydrogen-bond acceptors (Lipinski definition) is 3. The van der Waals surface area contributed by atoms with Crippen LogP contribution in [0.25, 0.3) is 0 Å². The van der Waals surface area contributed by atoms with Crippen LogP contribution in [-0.4, -0.2) is 24.1 Å². The highest BCUT2D eigenvalue weighted by molar-refractivity contribution is 7.99. The molecule has 1 atom stereocenters. The van der Waals surface area contributed by atoms with Gasteiger partial charge < -0.3 is 9.73 Å². The van der Waals surface area contributed by atoms with Gasteiger partial charge in [-0.25, -0.2) is 0 Å². The maximum atomic E-state index is 5.30. The highest BCUT2D eigenvalue weighted by Crippen LogP contribution is 2.05. The van der Waals surface area contributed by atoms with Gasteiger partial charge in [0.05, 0.1) is 6.26 Å². The molecule has 0 aromatic carbocycles. The van der Waals surface area contributed by atoms with E-state index in [9.17, 15) is 0 Å². The molecule has 0 saturated carbocycles. The van der Waals surface area contributed by atoms with E-state index in [4.69, 9.17) is 4.42 Å². The molecule has 1 aromatic rings. The summed E-state index contributed by atoms with van der Waals surface area (Å²) in [6.07, 6.45) is 3.91. The van der Waals surface area contributed by atoms with Crippen LogP contribution < -0.4 is 5.32 Å². The van der Waals surface area contributed by atoms with Crippen LogP contribution in [0.5, 0.6) is 0 Å². The molecule has 0 bridgehead atoms. The van der Waals surface area contributed by atoms with Crippen LogP contribution in [-0.2, 0) is 6.42 Å². The molecule has 0 aliphatic rings. The van der Waals surface area contributed by atoms with Crippen LogP contribution in [0.15, 0.2) is 22.8 Å². The van der Waals surface area contributed by atoms with Gasteiger partial charge in [0.15, 0.2) is 0 Å². The van der Waals surface area contributed by atoms with Crippen LogP contribution >= 0.6 is 11.8 Å². The fourth-order valence-corrected chi connectivity index (χ4v) is 1.99. The molecule has 0 aliphatic carbocycles. The molecule has 0 fully saturated rings. The van der Waals surface area contributed by atoms with Gasteiger partial charge in [-0.15, -0.1) is 0 Å². The SMILES string of the molecule is CCSCCNC(C)CCc1ccco1. The molecule has 15 heavy (non-hydrogen) atoms. The molecule has 3 heteroatoms. The third-order valence-electron chi connectivity index (χ3n) is 2.35. The average Bonchev–Trinajstić information content (AvgIpc) is 2.74. The molecule has 0 aliphatic heterocycles. The van der Waals surface area contributed by atoms with E-state index in [1.165, 1.54) is 11.5 Å². The molecular formula is C12H21NOS. The zero-order valence-electron chi connectivity index (χ0n) is 9.66. The van der Waals surface area contributed by atoms with Gasteiger partial charge in [-0.05, 0) is 31.2 Å². The number of thioether (sulfide) groups is 1. The van der Waals surface area contributed by atoms with E-state index in [1.807, 2.05) is 23.9 Å². The molecular weight excluding hydrogens is 206 g/mol. The summed E-state index contributed by atoms with van der Waals surface area (Å²) in [5.74, 6) is 3.51. The van der Waals surface area contributed by atoms with Crippen molar-refractivity contribution in [1.29, 1.82) is 0 Å². The first kappa shape index (κ1) is 12.7. The zero-order chi connectivity index (χ0) is 10.9. The monoisotopic (exact) mass is 227 g/mol. The van der Waals surface area contributed by atoms with Crippen molar-refractivity contribution in [2.45, 2.75) is 32.7 Å². The molecule has 0 saturated heterocycles. The summed E-state index contributed by atoms with van der Waals surface area (Å²) in [5, 5.41) is 3.52. The predicted molar refractivity (Wildman–Crippen MR) is 67.5 cm³/mol. The first-order chi connectivity index (χ1) is 7.33. The van der Waals surface area contributed by atoms with Crippen LogP contribution in [0.3, 0.4) is 0 Å². The van der Waals surface area contributed by atoms with E-state index < -0.39 is 0 Å². The molecule has 1 unspecified atom stereocenters. The lowest BCUT2D eigenvalue weighted by Crippen LogP contribution is -2.28. The molecule has 2 nitrogen and oxygen atoms in total. The summed E-state index contributed by atoms with van der Waals surface area (Å²) in [4.78, 5) is 0. The largest absolute Gasteiger partial charge is 0.469 e. The molecule has 1 heterocycles. The second-order valence-electron chi connectivity index (χ2n) is 3.67. The number of hydrogen-bond donors (Lipinski definition) is 1. The van der Waals surface area contributed by atoms with E-state index in [1.54, 1.807) is 6.26 Å². The molecule has 1 N–H and O–H groups in total. The Kier molecular flexibility index (Phi) is 6.60. The average molecular weight is 227 g/mol. The summed E-state index contributed by atoms with van der Waals surface area (Å²) < 4.78 is 5.30. The van der Waals surface area contributed by atoms with Crippen molar-refractivity contribution >= 4 is 11.8 Å². The minimum Gasteiger partial charge on any atom is -0.469 e. The van der Waals surface area contributed by atoms with Crippen LogP contribution in [0.2, 0.25) is 0 Å². The first-order valence-corrected chi connectivity index (χ1v) is 6.82. The second-order valence-corrected chi connectivity index (χ2v) is 5.06. The van der Waals surface area contributed by atoms with Crippen molar-refractivity contribution in [2.75, 3.05) is 18.1 Å². The predicted octanol–water partition coefficient (Wildman–Crippen LogP) is 2.94. The van der Waals surface area contributed by atoms with Crippen molar-refractivity contribution in [1.82, 2.24) is 5.32 Å². The standard InChI is InChI=1S/C12H21NOS/c1-3-15-10-8-13-11(2)6-7-12-5-4-9-14-12/h4-5,9,11,13H,3,6-8,10H2,1-2H3. The normalized spacial score (nSPS) is 12.9. The Morgan fingerprint density at radius 2 is 2.40 bits per heavy atom. The maximum Gasteiger partial charge on any atom is 0.103 e. The van der Waals surface area contributed by atoms with Gasteiger partial charge >= 0.3 is 0 Å². The third kappa shape index (κ3) is 5.90. The van der Waals surface area contributed by atoms with Crippen LogP contribution in [0.1, 0.15) is 26.0 Å². The molecule has 0 amide bonds. The molecule has 1 rings (SSSR count). The van der Waals surface area contributed by atoms with Crippen molar-refractivity contribution < 1.29 is 4.42 Å². The number of rotatable bonds is 8. The Bertz CT molecular complexity index is 236. The molecule has 0 radical (unpaired) electrons. The Morgan fingerprint density at radius 3 is 3.07 bits per heavy atom. The smallest absolute Gasteiger partial charge is 0.103 e. The molecule has 1 aromatic heterocycles. The van der Waals surface area contributed by atoms with Gasteiger partial charge in [-0.3, -0.25) is 0 Å². The molecule has 86 valence electrons. The van der Waals surface area contributed by atoms with Gasteiger partial charge in [0.1, 0.15) is 5.76 Å². The second kappa shape index (κ2) is 7.83. The van der Waals surface area contributed by atoms with Crippen molar-refractivity contribution in [2.24, 2.45) is 0 Å². The van der Waals surface area contributed by atoms with E-state index in [0.717, 1.165) is 25.1 Å². The van der Waals surface area contributed by atoms with Crippen molar-refractivity contribution in [3.05, 3.63) is 24.2 Å². The zero-order valence-corrected chi connectivity index (χ0v) is 10.5. The fraction of sp³-hybridized carbons (Fsp3) is 0.667. The van der Waals surface area contributed by atoms with E-state index >= 15 is 0 Å². The number of aryl methyl sites for hydroxylation is 1. The Balaban J connectivity index is 2.01. The van der Waals surface area contributed by atoms with E-state index in [2.05, 4.69) is 19.2 Å². The van der Waals surface area contributed by atoms with E-state index in [0.29, 0.717) is 6.04 Å². The lowest BCUT2D eigenvalue weighted by molar-refractivity contribution is 0.466. The van der Waals surface area contributed by atoms with Gasteiger partial charge in [-0.1, -0.05) is 6.92 Å². The first-order valence-electron chi connectivity index (χ1n) is 5.66. The Hall–Kier alpha value is -0.410. The minimum absolute atomic E-state index is 0.576. The maximum absolute atomic E-state index is 5.30. The summed E-state index contributed by atoms with van der Waals surface area (Å²) in [7, 11) is 0. The fourth-order valence-electron chi connectivity index (χ4n) is 1.44. The summed E-state index contributed by atoms with van der Waals surface area (Å²) in [6, 6.07) is 4.57. The highest BCUT2D eigenvalue weighted by Gasteiger charge is 2.02. The summed E-state index contributed by atoms with van der Waals surface area (Å²) >= 11 is 1.98. The van der Waals surface area contributed by atoms with Gasteiger partial charge in [0, 0.05) is 24.8 Å². The lowest BCUT2D eigenvalue weighted by atomic mass is 10.1. The van der Waals surface area contributed by atoms with Crippen molar-refractivity contribution in [3.8, 4) is 0 Å². The minimum atomic E-state index is 0.576. The van der Waals surface area contributed by atoms with Gasteiger partial charge in [-0.2, -0.15) is 11.8 Å². The summed E-state index contributed by atoms with van der Waals surface area (Å²) in [5.41, 5.74) is 0.